The number of carbonyl (C=O) groups is 1. The molecule has 3 atom stereocenters. The van der Waals surface area contributed by atoms with Crippen LogP contribution in [0.15, 0.2) is 6.07 Å². The van der Waals surface area contributed by atoms with Crippen LogP contribution in [0.25, 0.3) is 0 Å². The second-order valence-electron chi connectivity index (χ2n) is 7.66. The number of hydrogen-bond donors (Lipinski definition) is 2. The first-order valence-corrected chi connectivity index (χ1v) is 9.53. The number of amides is 2. The average molecular weight is 331 g/mol. The van der Waals surface area contributed by atoms with Crippen LogP contribution in [-0.2, 0) is 13.0 Å². The Bertz CT molecular complexity index is 578. The molecular formula is C18H29N5O. The van der Waals surface area contributed by atoms with Gasteiger partial charge in [0.2, 0.25) is 0 Å². The predicted octanol–water partition coefficient (Wildman–Crippen LogP) is 1.99. The molecule has 132 valence electrons. The molecule has 1 aromatic heterocycles. The van der Waals surface area contributed by atoms with E-state index >= 15 is 0 Å². The molecule has 0 unspecified atom stereocenters. The topological polar surface area (TPSA) is 64.3 Å². The number of carbonyl (C=O) groups excluding carboxylic acids is 1. The Morgan fingerprint density at radius 2 is 2.12 bits per heavy atom. The van der Waals surface area contributed by atoms with Crippen LogP contribution in [0.3, 0.4) is 0 Å². The van der Waals surface area contributed by atoms with E-state index in [9.17, 15) is 4.79 Å². The van der Waals surface area contributed by atoms with Gasteiger partial charge in [-0.3, -0.25) is 10.00 Å². The third-order valence-corrected chi connectivity index (χ3v) is 6.25. The molecule has 6 nitrogen and oxygen atoms in total. The van der Waals surface area contributed by atoms with E-state index in [0.29, 0.717) is 6.54 Å². The second kappa shape index (κ2) is 6.75. The number of fused-ring (bicyclic) bond motifs is 2. The summed E-state index contributed by atoms with van der Waals surface area (Å²) in [6.45, 7) is 6.37. The van der Waals surface area contributed by atoms with E-state index < -0.39 is 0 Å². The van der Waals surface area contributed by atoms with E-state index in [1.807, 2.05) is 11.0 Å². The molecule has 6 heteroatoms. The van der Waals surface area contributed by atoms with E-state index in [2.05, 4.69) is 27.3 Å². The van der Waals surface area contributed by atoms with Crippen molar-refractivity contribution in [1.82, 2.24) is 25.3 Å². The van der Waals surface area contributed by atoms with Gasteiger partial charge < -0.3 is 10.2 Å². The van der Waals surface area contributed by atoms with Crippen molar-refractivity contribution in [2.24, 2.45) is 11.8 Å². The number of piperazine rings is 1. The van der Waals surface area contributed by atoms with Gasteiger partial charge in [-0.15, -0.1) is 0 Å². The van der Waals surface area contributed by atoms with Gasteiger partial charge in [0.1, 0.15) is 0 Å². The Morgan fingerprint density at radius 3 is 2.75 bits per heavy atom. The molecule has 2 heterocycles. The van der Waals surface area contributed by atoms with Crippen LogP contribution in [0.5, 0.6) is 0 Å². The first kappa shape index (κ1) is 15.9. The predicted molar refractivity (Wildman–Crippen MR) is 92.6 cm³/mol. The van der Waals surface area contributed by atoms with Gasteiger partial charge in [0.05, 0.1) is 17.9 Å². The molecule has 0 radical (unpaired) electrons. The van der Waals surface area contributed by atoms with Crippen LogP contribution in [0.4, 0.5) is 4.79 Å². The van der Waals surface area contributed by atoms with Gasteiger partial charge >= 0.3 is 6.03 Å². The summed E-state index contributed by atoms with van der Waals surface area (Å²) in [6.07, 6.45) is 6.65. The summed E-state index contributed by atoms with van der Waals surface area (Å²) in [5, 5.41) is 10.2. The summed E-state index contributed by atoms with van der Waals surface area (Å²) < 4.78 is 0. The van der Waals surface area contributed by atoms with Crippen molar-refractivity contribution in [2.45, 2.75) is 51.6 Å². The third-order valence-electron chi connectivity index (χ3n) is 6.25. The van der Waals surface area contributed by atoms with Crippen LogP contribution >= 0.6 is 0 Å². The number of H-pyrrole nitrogens is 1. The van der Waals surface area contributed by atoms with Crippen LogP contribution in [0.1, 0.15) is 44.0 Å². The molecule has 0 spiro atoms. The summed E-state index contributed by atoms with van der Waals surface area (Å²) >= 11 is 0. The lowest BCUT2D eigenvalue weighted by molar-refractivity contribution is 0.0826. The van der Waals surface area contributed by atoms with Crippen molar-refractivity contribution in [1.29, 1.82) is 0 Å². The number of nitrogens with one attached hydrogen (secondary N) is 2. The molecule has 3 fully saturated rings. The van der Waals surface area contributed by atoms with Gasteiger partial charge in [0.25, 0.3) is 0 Å². The maximum atomic E-state index is 12.4. The second-order valence-corrected chi connectivity index (χ2v) is 7.66. The summed E-state index contributed by atoms with van der Waals surface area (Å²) in [6, 6.07) is 2.87. The molecule has 3 aliphatic rings. The van der Waals surface area contributed by atoms with Crippen LogP contribution in [0, 0.1) is 11.8 Å². The maximum absolute atomic E-state index is 12.4. The molecule has 0 aromatic carbocycles. The van der Waals surface area contributed by atoms with Crippen molar-refractivity contribution in [3.8, 4) is 0 Å². The van der Waals surface area contributed by atoms with Gasteiger partial charge in [-0.2, -0.15) is 5.10 Å². The average Bonchev–Trinajstić information content (AvgIpc) is 3.36. The van der Waals surface area contributed by atoms with Crippen molar-refractivity contribution in [3.63, 3.8) is 0 Å². The number of aryl methyl sites for hydroxylation is 1. The molecule has 2 saturated carbocycles. The molecule has 2 bridgehead atoms. The Morgan fingerprint density at radius 1 is 1.29 bits per heavy atom. The van der Waals surface area contributed by atoms with Crippen LogP contribution in [0.2, 0.25) is 0 Å². The lowest BCUT2D eigenvalue weighted by Gasteiger charge is -2.40. The van der Waals surface area contributed by atoms with Crippen molar-refractivity contribution < 1.29 is 4.79 Å². The summed E-state index contributed by atoms with van der Waals surface area (Å²) in [4.78, 5) is 17.0. The molecular weight excluding hydrogens is 302 g/mol. The zero-order valence-corrected chi connectivity index (χ0v) is 14.6. The van der Waals surface area contributed by atoms with E-state index in [0.717, 1.165) is 61.9 Å². The van der Waals surface area contributed by atoms with E-state index in [1.165, 1.54) is 25.7 Å². The Kier molecular flexibility index (Phi) is 4.48. The van der Waals surface area contributed by atoms with Gasteiger partial charge in [0, 0.05) is 32.2 Å². The quantitative estimate of drug-likeness (QED) is 0.887. The smallest absolute Gasteiger partial charge is 0.317 e. The molecule has 1 aliphatic heterocycles. The fourth-order valence-corrected chi connectivity index (χ4v) is 4.88. The SMILES string of the molecule is CCc1cc(CNC(=O)N2CCN([C@H]3C[C@H]4CC[C@H]3C4)CC2)[nH]n1. The van der Waals surface area contributed by atoms with E-state index in [1.54, 1.807) is 0 Å². The lowest BCUT2D eigenvalue weighted by atomic mass is 9.93. The monoisotopic (exact) mass is 331 g/mol. The molecule has 2 amide bonds. The number of urea groups is 1. The fourth-order valence-electron chi connectivity index (χ4n) is 4.88. The molecule has 24 heavy (non-hydrogen) atoms. The van der Waals surface area contributed by atoms with Crippen molar-refractivity contribution >= 4 is 6.03 Å². The Hall–Kier alpha value is -1.56. The highest BCUT2D eigenvalue weighted by Gasteiger charge is 2.42. The largest absolute Gasteiger partial charge is 0.332 e. The zero-order chi connectivity index (χ0) is 16.5. The minimum atomic E-state index is 0.0511. The van der Waals surface area contributed by atoms with Crippen molar-refractivity contribution in [2.75, 3.05) is 26.2 Å². The number of aromatic amines is 1. The minimum Gasteiger partial charge on any atom is -0.332 e. The molecule has 1 saturated heterocycles. The standard InChI is InChI=1S/C18H29N5O/c1-2-15-11-16(21-20-15)12-19-18(24)23-7-5-22(6-8-23)17-10-13-3-4-14(17)9-13/h11,13-14,17H,2-10,12H2,1H3,(H,19,24)(H,20,21)/t13-,14-,17-/m0/s1. The summed E-state index contributed by atoms with van der Waals surface area (Å²) in [5.41, 5.74) is 2.01. The van der Waals surface area contributed by atoms with Crippen LogP contribution in [-0.4, -0.2) is 58.2 Å². The number of nitrogens with zero attached hydrogens (tertiary/aromatic N) is 3. The maximum Gasteiger partial charge on any atom is 0.317 e. The molecule has 4 rings (SSSR count). The van der Waals surface area contributed by atoms with Crippen LogP contribution < -0.4 is 5.32 Å². The Balaban J connectivity index is 1.22. The first-order chi connectivity index (χ1) is 11.7. The van der Waals surface area contributed by atoms with Crippen molar-refractivity contribution in [3.05, 3.63) is 17.5 Å². The van der Waals surface area contributed by atoms with Gasteiger partial charge in [-0.1, -0.05) is 13.3 Å². The number of rotatable bonds is 4. The minimum absolute atomic E-state index is 0.0511. The summed E-state index contributed by atoms with van der Waals surface area (Å²) in [5.74, 6) is 1.92. The molecule has 2 aliphatic carbocycles. The normalized spacial score (nSPS) is 30.0. The summed E-state index contributed by atoms with van der Waals surface area (Å²) in [7, 11) is 0. The Labute approximate surface area is 144 Å². The van der Waals surface area contributed by atoms with Gasteiger partial charge in [-0.05, 0) is 43.6 Å². The van der Waals surface area contributed by atoms with E-state index in [-0.39, 0.29) is 6.03 Å². The highest BCUT2D eigenvalue weighted by atomic mass is 16.2. The zero-order valence-electron chi connectivity index (χ0n) is 14.6. The molecule has 2 N–H and O–H groups in total. The number of hydrogen-bond acceptors (Lipinski definition) is 3. The molecule has 1 aromatic rings. The first-order valence-electron chi connectivity index (χ1n) is 9.53. The van der Waals surface area contributed by atoms with Gasteiger partial charge in [0.15, 0.2) is 0 Å². The van der Waals surface area contributed by atoms with E-state index in [4.69, 9.17) is 0 Å². The van der Waals surface area contributed by atoms with Gasteiger partial charge in [-0.25, -0.2) is 4.79 Å². The highest BCUT2D eigenvalue weighted by molar-refractivity contribution is 5.74. The highest BCUT2D eigenvalue weighted by Crippen LogP contribution is 2.46. The lowest BCUT2D eigenvalue weighted by Crippen LogP contribution is -2.55. The number of aromatic nitrogens is 2. The third kappa shape index (κ3) is 3.16. The fraction of sp³-hybridized carbons (Fsp3) is 0.778.